The lowest BCUT2D eigenvalue weighted by Gasteiger charge is -2.23. The van der Waals surface area contributed by atoms with Crippen molar-refractivity contribution in [2.24, 2.45) is 5.73 Å². The van der Waals surface area contributed by atoms with Crippen LogP contribution in [0, 0.1) is 0 Å². The van der Waals surface area contributed by atoms with Gasteiger partial charge in [-0.3, -0.25) is 4.79 Å². The topological polar surface area (TPSA) is 76.5 Å². The van der Waals surface area contributed by atoms with E-state index in [1.807, 2.05) is 24.3 Å². The second kappa shape index (κ2) is 4.22. The SMILES string of the molecule is CC(CCN)(C(=O)O)c1coc2ccccc12. The maximum absolute atomic E-state index is 11.5. The van der Waals surface area contributed by atoms with Gasteiger partial charge in [0, 0.05) is 10.9 Å². The summed E-state index contributed by atoms with van der Waals surface area (Å²) in [6.45, 7) is 2.00. The van der Waals surface area contributed by atoms with Crippen LogP contribution in [0.15, 0.2) is 34.9 Å². The first-order valence-corrected chi connectivity index (χ1v) is 5.50. The summed E-state index contributed by atoms with van der Waals surface area (Å²) in [5.74, 6) is -0.880. The molecule has 0 aliphatic carbocycles. The van der Waals surface area contributed by atoms with Gasteiger partial charge in [0.1, 0.15) is 5.58 Å². The number of hydrogen-bond donors (Lipinski definition) is 2. The van der Waals surface area contributed by atoms with Crippen molar-refractivity contribution in [2.75, 3.05) is 6.54 Å². The van der Waals surface area contributed by atoms with Crippen molar-refractivity contribution in [1.29, 1.82) is 0 Å². The first-order chi connectivity index (χ1) is 8.09. The quantitative estimate of drug-likeness (QED) is 0.848. The molecule has 0 amide bonds. The van der Waals surface area contributed by atoms with E-state index in [1.165, 1.54) is 6.26 Å². The van der Waals surface area contributed by atoms with E-state index in [0.717, 1.165) is 5.39 Å². The van der Waals surface area contributed by atoms with Crippen molar-refractivity contribution in [3.05, 3.63) is 36.1 Å². The van der Waals surface area contributed by atoms with Gasteiger partial charge in [-0.1, -0.05) is 18.2 Å². The standard InChI is InChI=1S/C13H15NO3/c1-13(6-7-14,12(15)16)10-8-17-11-5-3-2-4-9(10)11/h2-5,8H,6-7,14H2,1H3,(H,15,16). The minimum atomic E-state index is -0.999. The number of aliphatic carboxylic acids is 1. The lowest BCUT2D eigenvalue weighted by Crippen LogP contribution is -2.34. The van der Waals surface area contributed by atoms with Crippen LogP contribution in [0.4, 0.5) is 0 Å². The van der Waals surface area contributed by atoms with Crippen molar-refractivity contribution < 1.29 is 14.3 Å². The molecule has 1 atom stereocenters. The normalized spacial score (nSPS) is 14.7. The third-order valence-electron chi connectivity index (χ3n) is 3.19. The Morgan fingerprint density at radius 3 is 2.82 bits per heavy atom. The molecule has 3 N–H and O–H groups in total. The molecule has 4 nitrogen and oxygen atoms in total. The summed E-state index contributed by atoms with van der Waals surface area (Å²) in [6, 6.07) is 7.41. The van der Waals surface area contributed by atoms with Gasteiger partial charge in [0.05, 0.1) is 11.7 Å². The smallest absolute Gasteiger partial charge is 0.314 e. The van der Waals surface area contributed by atoms with E-state index in [4.69, 9.17) is 10.2 Å². The van der Waals surface area contributed by atoms with Crippen LogP contribution in [0.5, 0.6) is 0 Å². The zero-order chi connectivity index (χ0) is 12.5. The van der Waals surface area contributed by atoms with Crippen LogP contribution in [0.3, 0.4) is 0 Å². The molecule has 0 radical (unpaired) electrons. The van der Waals surface area contributed by atoms with E-state index in [0.29, 0.717) is 24.1 Å². The molecule has 2 aromatic rings. The molecule has 0 aliphatic heterocycles. The highest BCUT2D eigenvalue weighted by atomic mass is 16.4. The molecule has 90 valence electrons. The fraction of sp³-hybridized carbons (Fsp3) is 0.308. The first-order valence-electron chi connectivity index (χ1n) is 5.50. The Labute approximate surface area is 99.0 Å². The Bertz CT molecular complexity index is 546. The number of fused-ring (bicyclic) bond motifs is 1. The number of carboxylic acids is 1. The lowest BCUT2D eigenvalue weighted by atomic mass is 9.79. The fourth-order valence-electron chi connectivity index (χ4n) is 2.05. The molecule has 2 rings (SSSR count). The van der Waals surface area contributed by atoms with Crippen molar-refractivity contribution in [3.8, 4) is 0 Å². The summed E-state index contributed by atoms with van der Waals surface area (Å²) in [5.41, 5.74) is 5.90. The van der Waals surface area contributed by atoms with Crippen LogP contribution in [0.25, 0.3) is 11.0 Å². The summed E-state index contributed by atoms with van der Waals surface area (Å²) in [6.07, 6.45) is 1.90. The molecule has 0 saturated carbocycles. The number of carbonyl (C=O) groups is 1. The van der Waals surface area contributed by atoms with E-state index in [1.54, 1.807) is 6.92 Å². The Kier molecular flexibility index (Phi) is 2.90. The van der Waals surface area contributed by atoms with Crippen molar-refractivity contribution in [1.82, 2.24) is 0 Å². The molecule has 0 saturated heterocycles. The van der Waals surface area contributed by atoms with Crippen LogP contribution in [0.1, 0.15) is 18.9 Å². The number of rotatable bonds is 4. The van der Waals surface area contributed by atoms with Gasteiger partial charge in [-0.2, -0.15) is 0 Å². The minimum Gasteiger partial charge on any atom is -0.481 e. The lowest BCUT2D eigenvalue weighted by molar-refractivity contribution is -0.143. The van der Waals surface area contributed by atoms with Crippen LogP contribution in [-0.2, 0) is 10.2 Å². The van der Waals surface area contributed by atoms with Crippen molar-refractivity contribution in [2.45, 2.75) is 18.8 Å². The number of furan rings is 1. The molecule has 0 aliphatic rings. The number of benzene rings is 1. The van der Waals surface area contributed by atoms with E-state index in [2.05, 4.69) is 0 Å². The highest BCUT2D eigenvalue weighted by Gasteiger charge is 2.37. The third kappa shape index (κ3) is 1.80. The predicted molar refractivity (Wildman–Crippen MR) is 64.9 cm³/mol. The Morgan fingerprint density at radius 1 is 1.47 bits per heavy atom. The van der Waals surface area contributed by atoms with Crippen molar-refractivity contribution >= 4 is 16.9 Å². The van der Waals surface area contributed by atoms with Crippen molar-refractivity contribution in [3.63, 3.8) is 0 Å². The highest BCUT2D eigenvalue weighted by molar-refractivity contribution is 5.90. The average molecular weight is 233 g/mol. The summed E-state index contributed by atoms with van der Waals surface area (Å²) in [4.78, 5) is 11.5. The number of para-hydroxylation sites is 1. The van der Waals surface area contributed by atoms with E-state index >= 15 is 0 Å². The number of hydrogen-bond acceptors (Lipinski definition) is 3. The first kappa shape index (κ1) is 11.7. The maximum Gasteiger partial charge on any atom is 0.314 e. The van der Waals surface area contributed by atoms with Gasteiger partial charge in [-0.15, -0.1) is 0 Å². The summed E-state index contributed by atoms with van der Waals surface area (Å²) >= 11 is 0. The number of nitrogens with two attached hydrogens (primary N) is 1. The molecule has 1 aromatic carbocycles. The zero-order valence-electron chi connectivity index (χ0n) is 9.64. The molecule has 1 heterocycles. The summed E-state index contributed by atoms with van der Waals surface area (Å²) in [5, 5.41) is 10.2. The largest absolute Gasteiger partial charge is 0.481 e. The van der Waals surface area contributed by atoms with E-state index in [-0.39, 0.29) is 0 Å². The van der Waals surface area contributed by atoms with E-state index in [9.17, 15) is 9.90 Å². The molecule has 0 spiro atoms. The molecule has 1 unspecified atom stereocenters. The van der Waals surface area contributed by atoms with Gasteiger partial charge in [-0.05, 0) is 26.0 Å². The van der Waals surface area contributed by atoms with Gasteiger partial charge in [0.15, 0.2) is 0 Å². The summed E-state index contributed by atoms with van der Waals surface area (Å²) in [7, 11) is 0. The molecule has 0 bridgehead atoms. The van der Waals surface area contributed by atoms with Crippen LogP contribution in [0.2, 0.25) is 0 Å². The third-order valence-corrected chi connectivity index (χ3v) is 3.19. The Morgan fingerprint density at radius 2 is 2.18 bits per heavy atom. The zero-order valence-corrected chi connectivity index (χ0v) is 9.64. The van der Waals surface area contributed by atoms with Crippen LogP contribution >= 0.6 is 0 Å². The molecule has 4 heteroatoms. The maximum atomic E-state index is 11.5. The van der Waals surface area contributed by atoms with Gasteiger partial charge in [0.25, 0.3) is 0 Å². The van der Waals surface area contributed by atoms with Gasteiger partial charge >= 0.3 is 5.97 Å². The highest BCUT2D eigenvalue weighted by Crippen LogP contribution is 2.34. The minimum absolute atomic E-state index is 0.322. The fourth-order valence-corrected chi connectivity index (χ4v) is 2.05. The summed E-state index contributed by atoms with van der Waals surface area (Å²) < 4.78 is 5.39. The average Bonchev–Trinajstić information content (AvgIpc) is 2.73. The van der Waals surface area contributed by atoms with Gasteiger partial charge in [0.2, 0.25) is 0 Å². The van der Waals surface area contributed by atoms with E-state index < -0.39 is 11.4 Å². The monoisotopic (exact) mass is 233 g/mol. The van der Waals surface area contributed by atoms with Gasteiger partial charge in [-0.25, -0.2) is 0 Å². The Balaban J connectivity index is 2.60. The second-order valence-corrected chi connectivity index (χ2v) is 4.32. The molecule has 17 heavy (non-hydrogen) atoms. The van der Waals surface area contributed by atoms with Crippen LogP contribution < -0.4 is 5.73 Å². The second-order valence-electron chi connectivity index (χ2n) is 4.32. The van der Waals surface area contributed by atoms with Crippen LogP contribution in [-0.4, -0.2) is 17.6 Å². The molecule has 1 aromatic heterocycles. The predicted octanol–water partition coefficient (Wildman–Crippen LogP) is 2.12. The Hall–Kier alpha value is -1.81. The molecular weight excluding hydrogens is 218 g/mol. The molecule has 0 fully saturated rings. The molecular formula is C13H15NO3. The van der Waals surface area contributed by atoms with Gasteiger partial charge < -0.3 is 15.3 Å². The number of carboxylic acid groups (broad SMARTS) is 1.